The van der Waals surface area contributed by atoms with Crippen molar-refractivity contribution in [1.82, 2.24) is 14.6 Å². The van der Waals surface area contributed by atoms with Crippen LogP contribution in [0.4, 0.5) is 0 Å². The van der Waals surface area contributed by atoms with E-state index in [4.69, 9.17) is 26.0 Å². The summed E-state index contributed by atoms with van der Waals surface area (Å²) >= 11 is 0. The fraction of sp³-hybridized carbons (Fsp3) is 0.520. The van der Waals surface area contributed by atoms with Crippen molar-refractivity contribution in [3.05, 3.63) is 63.4 Å². The Hall–Kier alpha value is -3.25. The maximum absolute atomic E-state index is 14.0. The molecule has 2 heterocycles. The molecule has 0 radical (unpaired) electrons. The zero-order valence-corrected chi connectivity index (χ0v) is 23.3. The van der Waals surface area contributed by atoms with Crippen LogP contribution in [0, 0.1) is 5.92 Å². The smallest absolute Gasteiger partial charge is 0.459 e. The molecule has 0 amide bonds. The Morgan fingerprint density at radius 1 is 1.23 bits per heavy atom. The predicted molar refractivity (Wildman–Crippen MR) is 139 cm³/mol. The van der Waals surface area contributed by atoms with Gasteiger partial charge in [0, 0.05) is 25.1 Å². The van der Waals surface area contributed by atoms with Crippen LogP contribution >= 0.6 is 7.75 Å². The topological polar surface area (TPSA) is 164 Å². The van der Waals surface area contributed by atoms with Gasteiger partial charge in [-0.3, -0.25) is 28.5 Å². The molecule has 1 saturated heterocycles. The molecule has 0 aliphatic carbocycles. The van der Waals surface area contributed by atoms with Gasteiger partial charge in [0.2, 0.25) is 0 Å². The molecule has 0 saturated carbocycles. The van der Waals surface area contributed by atoms with Crippen LogP contribution in [0.1, 0.15) is 50.5 Å². The summed E-state index contributed by atoms with van der Waals surface area (Å²) in [6.45, 7) is 5.72. The number of H-pyrrole nitrogens is 1. The number of hydrogen-bond acceptors (Lipinski definition) is 10. The SMILES string of the molecule is [2H]C([2H])(O[P@@](=O)(N[C@@H](C)C(=O)OC(C)C)Oc1ccccc1)[C@H]1O[C@@H](n2ccc(=O)[nH]c2=O)[C@](C)(OC(C)=O)[C@@H]1C. The maximum Gasteiger partial charge on any atom is 0.459 e. The maximum atomic E-state index is 14.0. The van der Waals surface area contributed by atoms with Gasteiger partial charge in [-0.05, 0) is 39.8 Å². The number of ether oxygens (including phenoxy) is 3. The highest BCUT2D eigenvalue weighted by Crippen LogP contribution is 2.49. The minimum atomic E-state index is -4.70. The Bertz CT molecular complexity index is 1420. The van der Waals surface area contributed by atoms with Crippen molar-refractivity contribution in [2.24, 2.45) is 5.92 Å². The second-order valence-electron chi connectivity index (χ2n) is 9.44. The molecule has 214 valence electrons. The minimum absolute atomic E-state index is 0.0476. The lowest BCUT2D eigenvalue weighted by molar-refractivity contribution is -0.171. The van der Waals surface area contributed by atoms with Crippen LogP contribution in [-0.2, 0) is 32.9 Å². The summed E-state index contributed by atoms with van der Waals surface area (Å²) in [5, 5.41) is 2.41. The summed E-state index contributed by atoms with van der Waals surface area (Å²) in [5.41, 5.74) is -3.23. The lowest BCUT2D eigenvalue weighted by Gasteiger charge is -2.33. The van der Waals surface area contributed by atoms with Gasteiger partial charge in [-0.25, -0.2) is 9.36 Å². The molecule has 1 aliphatic heterocycles. The van der Waals surface area contributed by atoms with Crippen molar-refractivity contribution < 1.29 is 40.2 Å². The van der Waals surface area contributed by atoms with Crippen molar-refractivity contribution in [3.8, 4) is 5.75 Å². The van der Waals surface area contributed by atoms with Crippen LogP contribution in [0.15, 0.2) is 52.2 Å². The van der Waals surface area contributed by atoms with Crippen molar-refractivity contribution in [1.29, 1.82) is 0 Å². The number of carbonyl (C=O) groups is 2. The highest BCUT2D eigenvalue weighted by Gasteiger charge is 2.56. The number of carbonyl (C=O) groups excluding carboxylic acids is 2. The number of aromatic amines is 1. The summed E-state index contributed by atoms with van der Waals surface area (Å²) in [6.07, 6.45) is -2.39. The molecule has 6 atom stereocenters. The molecule has 2 N–H and O–H groups in total. The van der Waals surface area contributed by atoms with Gasteiger partial charge in [-0.2, -0.15) is 5.09 Å². The first-order valence-corrected chi connectivity index (χ1v) is 13.7. The summed E-state index contributed by atoms with van der Waals surface area (Å²) in [4.78, 5) is 50.8. The molecule has 1 aromatic carbocycles. The first kappa shape index (κ1) is 27.3. The van der Waals surface area contributed by atoms with E-state index in [1.807, 2.05) is 0 Å². The number of aromatic nitrogens is 2. The van der Waals surface area contributed by atoms with Crippen LogP contribution in [0.25, 0.3) is 0 Å². The van der Waals surface area contributed by atoms with E-state index < -0.39 is 73.5 Å². The summed E-state index contributed by atoms with van der Waals surface area (Å²) in [7, 11) is -4.70. The van der Waals surface area contributed by atoms with E-state index in [1.165, 1.54) is 32.9 Å². The summed E-state index contributed by atoms with van der Waals surface area (Å²) in [5.74, 6) is -2.50. The van der Waals surface area contributed by atoms with E-state index >= 15 is 0 Å². The Morgan fingerprint density at radius 3 is 2.49 bits per heavy atom. The number of nitrogens with one attached hydrogen (secondary N) is 2. The van der Waals surface area contributed by atoms with E-state index in [-0.39, 0.29) is 5.75 Å². The average Bonchev–Trinajstić information content (AvgIpc) is 3.09. The zero-order valence-electron chi connectivity index (χ0n) is 24.4. The van der Waals surface area contributed by atoms with Crippen molar-refractivity contribution in [2.45, 2.75) is 71.6 Å². The van der Waals surface area contributed by atoms with Gasteiger partial charge in [0.25, 0.3) is 5.56 Å². The van der Waals surface area contributed by atoms with Gasteiger partial charge in [-0.1, -0.05) is 25.1 Å². The van der Waals surface area contributed by atoms with Gasteiger partial charge < -0.3 is 18.7 Å². The van der Waals surface area contributed by atoms with E-state index in [2.05, 4.69) is 10.1 Å². The molecule has 1 aliphatic rings. The van der Waals surface area contributed by atoms with Crippen molar-refractivity contribution in [2.75, 3.05) is 6.56 Å². The quantitative estimate of drug-likeness (QED) is 0.302. The van der Waals surface area contributed by atoms with Crippen LogP contribution in [0.2, 0.25) is 0 Å². The first-order valence-electron chi connectivity index (χ1n) is 13.2. The van der Waals surface area contributed by atoms with Gasteiger partial charge in [0.1, 0.15) is 11.8 Å². The lowest BCUT2D eigenvalue weighted by atomic mass is 9.87. The summed E-state index contributed by atoms with van der Waals surface area (Å²) < 4.78 is 60.1. The van der Waals surface area contributed by atoms with Crippen LogP contribution in [-0.4, -0.2) is 51.9 Å². The molecular weight excluding hydrogens is 533 g/mol. The lowest BCUT2D eigenvalue weighted by Crippen LogP contribution is -2.46. The fourth-order valence-corrected chi connectivity index (χ4v) is 5.26. The third-order valence-electron chi connectivity index (χ3n) is 5.91. The second-order valence-corrected chi connectivity index (χ2v) is 11.1. The molecule has 0 unspecified atom stereocenters. The van der Waals surface area contributed by atoms with Crippen LogP contribution < -0.4 is 20.9 Å². The van der Waals surface area contributed by atoms with Gasteiger partial charge in [-0.15, -0.1) is 0 Å². The molecule has 1 fully saturated rings. The summed E-state index contributed by atoms with van der Waals surface area (Å²) in [6, 6.07) is 7.56. The highest BCUT2D eigenvalue weighted by molar-refractivity contribution is 7.52. The Labute approximate surface area is 228 Å². The largest absolute Gasteiger partial charge is 0.462 e. The second kappa shape index (κ2) is 12.3. The van der Waals surface area contributed by atoms with Crippen LogP contribution in [0.5, 0.6) is 5.75 Å². The number of benzene rings is 1. The van der Waals surface area contributed by atoms with Crippen molar-refractivity contribution >= 4 is 19.7 Å². The number of hydrogen-bond donors (Lipinski definition) is 2. The zero-order chi connectivity index (χ0) is 30.8. The third-order valence-corrected chi connectivity index (χ3v) is 7.41. The number of rotatable bonds is 11. The normalized spacial score (nSPS) is 26.2. The highest BCUT2D eigenvalue weighted by atomic mass is 31.2. The van der Waals surface area contributed by atoms with E-state index in [0.717, 1.165) is 23.8 Å². The molecular formula is C25H34N3O10P. The molecule has 1 aromatic heterocycles. The molecule has 14 heteroatoms. The third kappa shape index (κ3) is 7.45. The monoisotopic (exact) mass is 569 g/mol. The number of esters is 2. The van der Waals surface area contributed by atoms with E-state index in [1.54, 1.807) is 32.0 Å². The van der Waals surface area contributed by atoms with Gasteiger partial charge in [0.15, 0.2) is 11.8 Å². The Morgan fingerprint density at radius 2 is 1.90 bits per heavy atom. The first-order chi connectivity index (χ1) is 19.0. The Kier molecular flexibility index (Phi) is 8.61. The van der Waals surface area contributed by atoms with Crippen LogP contribution in [0.3, 0.4) is 0 Å². The van der Waals surface area contributed by atoms with Crippen molar-refractivity contribution in [3.63, 3.8) is 0 Å². The standard InChI is InChI=1S/C25H34N3O10P/c1-15(2)35-22(31)17(4)27-39(33,38-19-10-8-7-9-11-19)34-14-20-16(3)25(6,37-18(5)29)23(36-20)28-13-12-21(30)26-24(28)32/h7-13,15-17,20,23H,14H2,1-6H3,(H,27,33)(H,26,30,32)/t16-,17+,20-,23-,25-,39+/m1/s1/i14D2. The molecule has 2 aromatic rings. The predicted octanol–water partition coefficient (Wildman–Crippen LogP) is 2.53. The molecule has 13 nitrogen and oxygen atoms in total. The van der Waals surface area contributed by atoms with Gasteiger partial charge in [0.05, 0.1) is 21.5 Å². The molecule has 0 bridgehead atoms. The average molecular weight is 570 g/mol. The molecule has 3 rings (SSSR count). The van der Waals surface area contributed by atoms with E-state index in [0.29, 0.717) is 0 Å². The molecule has 39 heavy (non-hydrogen) atoms. The Balaban J connectivity index is 2.00. The fourth-order valence-electron chi connectivity index (χ4n) is 3.89. The van der Waals surface area contributed by atoms with E-state index in [9.17, 15) is 23.7 Å². The minimum Gasteiger partial charge on any atom is -0.462 e. The molecule has 0 spiro atoms. The number of para-hydroxylation sites is 1. The van der Waals surface area contributed by atoms with Gasteiger partial charge >= 0.3 is 25.4 Å². The number of nitrogens with zero attached hydrogens (tertiary/aromatic N) is 1.